The van der Waals surface area contributed by atoms with Gasteiger partial charge in [0.25, 0.3) is 0 Å². The van der Waals surface area contributed by atoms with Gasteiger partial charge in [0.05, 0.1) is 24.5 Å². The van der Waals surface area contributed by atoms with Gasteiger partial charge in [-0.25, -0.2) is 0 Å². The molecule has 0 aliphatic carbocycles. The second-order valence-corrected chi connectivity index (χ2v) is 5.63. The molecule has 0 saturated heterocycles. The summed E-state index contributed by atoms with van der Waals surface area (Å²) in [5.41, 5.74) is 7.35. The number of phenolic OH excluding ortho intramolecular Hbond substituents is 1. The summed E-state index contributed by atoms with van der Waals surface area (Å²) in [6.07, 6.45) is 1.60. The lowest BCUT2D eigenvalue weighted by Crippen LogP contribution is -1.96. The number of benzene rings is 2. The predicted octanol–water partition coefficient (Wildman–Crippen LogP) is 4.01. The lowest BCUT2D eigenvalue weighted by atomic mass is 10.1. The quantitative estimate of drug-likeness (QED) is 0.563. The van der Waals surface area contributed by atoms with E-state index in [-0.39, 0.29) is 5.75 Å². The Morgan fingerprint density at radius 2 is 1.96 bits per heavy atom. The van der Waals surface area contributed by atoms with Crippen molar-refractivity contribution in [3.8, 4) is 11.5 Å². The van der Waals surface area contributed by atoms with Crippen LogP contribution in [-0.2, 0) is 0 Å². The van der Waals surface area contributed by atoms with E-state index < -0.39 is 0 Å². The van der Waals surface area contributed by atoms with Crippen LogP contribution in [0.25, 0.3) is 10.9 Å². The molecule has 0 aliphatic rings. The fourth-order valence-corrected chi connectivity index (χ4v) is 2.51. The summed E-state index contributed by atoms with van der Waals surface area (Å²) in [6, 6.07) is 13.0. The molecule has 24 heavy (non-hydrogen) atoms. The summed E-state index contributed by atoms with van der Waals surface area (Å²) < 4.78 is 5.28. The van der Waals surface area contributed by atoms with Gasteiger partial charge in [-0.2, -0.15) is 5.10 Å². The highest BCUT2D eigenvalue weighted by molar-refractivity contribution is 5.93. The molecule has 2 aromatic carbocycles. The molecule has 0 fully saturated rings. The number of nitrogens with one attached hydrogen (secondary N) is 1. The maximum absolute atomic E-state index is 9.87. The zero-order chi connectivity index (χ0) is 17.1. The van der Waals surface area contributed by atoms with Crippen molar-refractivity contribution in [2.75, 3.05) is 12.5 Å². The molecule has 5 nitrogen and oxygen atoms in total. The van der Waals surface area contributed by atoms with Crippen LogP contribution in [0.1, 0.15) is 16.8 Å². The number of nitrogens with zero attached hydrogens (tertiary/aromatic N) is 2. The second kappa shape index (κ2) is 6.58. The largest absolute Gasteiger partial charge is 0.507 e. The van der Waals surface area contributed by atoms with Gasteiger partial charge >= 0.3 is 0 Å². The minimum Gasteiger partial charge on any atom is -0.507 e. The molecule has 3 rings (SSSR count). The van der Waals surface area contributed by atoms with Crippen molar-refractivity contribution in [3.05, 3.63) is 59.3 Å². The van der Waals surface area contributed by atoms with E-state index in [9.17, 15) is 5.11 Å². The number of rotatable bonds is 4. The van der Waals surface area contributed by atoms with Crippen molar-refractivity contribution < 1.29 is 9.84 Å². The van der Waals surface area contributed by atoms with Gasteiger partial charge in [0.1, 0.15) is 11.5 Å². The number of hydrogen-bond donors (Lipinski definition) is 2. The van der Waals surface area contributed by atoms with Crippen molar-refractivity contribution in [2.45, 2.75) is 13.8 Å². The Labute approximate surface area is 140 Å². The predicted molar refractivity (Wildman–Crippen MR) is 97.1 cm³/mol. The minimum atomic E-state index is 0.198. The highest BCUT2D eigenvalue weighted by Crippen LogP contribution is 2.27. The molecular weight excluding hydrogens is 302 g/mol. The number of hydrogen-bond acceptors (Lipinski definition) is 5. The monoisotopic (exact) mass is 321 g/mol. The second-order valence-electron chi connectivity index (χ2n) is 5.63. The van der Waals surface area contributed by atoms with Gasteiger partial charge in [-0.15, -0.1) is 0 Å². The lowest BCUT2D eigenvalue weighted by molar-refractivity contribution is 0.415. The maximum Gasteiger partial charge on any atom is 0.124 e. The summed E-state index contributed by atoms with van der Waals surface area (Å²) in [5, 5.41) is 15.0. The molecule has 0 radical (unpaired) electrons. The molecule has 1 aromatic heterocycles. The normalized spacial score (nSPS) is 11.1. The number of aromatic hydroxyl groups is 1. The summed E-state index contributed by atoms with van der Waals surface area (Å²) in [4.78, 5) is 4.52. The van der Waals surface area contributed by atoms with Crippen LogP contribution >= 0.6 is 0 Å². The Kier molecular flexibility index (Phi) is 4.33. The zero-order valence-corrected chi connectivity index (χ0v) is 13.9. The third kappa shape index (κ3) is 3.30. The molecule has 2 N–H and O–H groups in total. The maximum atomic E-state index is 9.87. The van der Waals surface area contributed by atoms with Gasteiger partial charge in [0.15, 0.2) is 0 Å². The van der Waals surface area contributed by atoms with Gasteiger partial charge in [-0.3, -0.25) is 10.4 Å². The van der Waals surface area contributed by atoms with Crippen LogP contribution in [0.3, 0.4) is 0 Å². The molecular formula is C19H19N3O2. The Bertz CT molecular complexity index is 920. The number of ether oxygens (including phenoxy) is 1. The first-order valence-corrected chi connectivity index (χ1v) is 7.61. The highest BCUT2D eigenvalue weighted by atomic mass is 16.5. The van der Waals surface area contributed by atoms with E-state index in [0.29, 0.717) is 5.56 Å². The number of anilines is 1. The standard InChI is InChI=1S/C19H19N3O2/c1-12-4-7-19(23)14(8-12)11-20-22-18-9-13(2)21-17-6-5-15(24-3)10-16(17)18/h4-11,23H,1-3H3,(H,21,22)/b20-11+. The Morgan fingerprint density at radius 3 is 2.75 bits per heavy atom. The van der Waals surface area contributed by atoms with E-state index in [1.54, 1.807) is 19.4 Å². The van der Waals surface area contributed by atoms with E-state index in [4.69, 9.17) is 4.74 Å². The van der Waals surface area contributed by atoms with E-state index in [1.807, 2.05) is 50.2 Å². The van der Waals surface area contributed by atoms with Gasteiger partial charge in [-0.1, -0.05) is 11.6 Å². The minimum absolute atomic E-state index is 0.198. The van der Waals surface area contributed by atoms with Crippen LogP contribution in [0.4, 0.5) is 5.69 Å². The summed E-state index contributed by atoms with van der Waals surface area (Å²) in [5.74, 6) is 0.958. The van der Waals surface area contributed by atoms with Crippen LogP contribution in [0, 0.1) is 13.8 Å². The third-order valence-electron chi connectivity index (χ3n) is 3.72. The Morgan fingerprint density at radius 1 is 1.12 bits per heavy atom. The molecule has 5 heteroatoms. The van der Waals surface area contributed by atoms with Crippen molar-refractivity contribution in [1.82, 2.24) is 4.98 Å². The van der Waals surface area contributed by atoms with E-state index in [1.165, 1.54) is 0 Å². The number of methoxy groups -OCH3 is 1. The van der Waals surface area contributed by atoms with Crippen molar-refractivity contribution >= 4 is 22.8 Å². The molecule has 0 aliphatic heterocycles. The number of hydrazone groups is 1. The average molecular weight is 321 g/mol. The number of aryl methyl sites for hydroxylation is 2. The molecule has 0 amide bonds. The van der Waals surface area contributed by atoms with Crippen LogP contribution in [0.15, 0.2) is 47.6 Å². The van der Waals surface area contributed by atoms with Crippen LogP contribution in [0.5, 0.6) is 11.5 Å². The molecule has 1 heterocycles. The lowest BCUT2D eigenvalue weighted by Gasteiger charge is -2.09. The van der Waals surface area contributed by atoms with Gasteiger partial charge in [0, 0.05) is 16.6 Å². The average Bonchev–Trinajstić information content (AvgIpc) is 2.57. The third-order valence-corrected chi connectivity index (χ3v) is 3.72. The fourth-order valence-electron chi connectivity index (χ4n) is 2.51. The zero-order valence-electron chi connectivity index (χ0n) is 13.9. The van der Waals surface area contributed by atoms with E-state index in [2.05, 4.69) is 15.5 Å². The Hall–Kier alpha value is -3.08. The Balaban J connectivity index is 1.94. The summed E-state index contributed by atoms with van der Waals surface area (Å²) in [7, 11) is 1.63. The molecule has 0 bridgehead atoms. The molecule has 0 atom stereocenters. The van der Waals surface area contributed by atoms with Crippen LogP contribution < -0.4 is 10.2 Å². The van der Waals surface area contributed by atoms with Crippen LogP contribution in [0.2, 0.25) is 0 Å². The van der Waals surface area contributed by atoms with E-state index >= 15 is 0 Å². The highest BCUT2D eigenvalue weighted by Gasteiger charge is 2.05. The molecule has 0 spiro atoms. The summed E-state index contributed by atoms with van der Waals surface area (Å²) in [6.45, 7) is 3.90. The van der Waals surface area contributed by atoms with Crippen molar-refractivity contribution in [2.24, 2.45) is 5.10 Å². The number of aromatic nitrogens is 1. The van der Waals surface area contributed by atoms with Crippen molar-refractivity contribution in [3.63, 3.8) is 0 Å². The number of phenols is 1. The van der Waals surface area contributed by atoms with E-state index in [0.717, 1.165) is 33.6 Å². The first-order valence-electron chi connectivity index (χ1n) is 7.61. The first-order chi connectivity index (χ1) is 11.6. The molecule has 0 saturated carbocycles. The van der Waals surface area contributed by atoms with Crippen LogP contribution in [-0.4, -0.2) is 23.4 Å². The fraction of sp³-hybridized carbons (Fsp3) is 0.158. The molecule has 0 unspecified atom stereocenters. The van der Waals surface area contributed by atoms with Gasteiger partial charge < -0.3 is 9.84 Å². The van der Waals surface area contributed by atoms with Crippen molar-refractivity contribution in [1.29, 1.82) is 0 Å². The smallest absolute Gasteiger partial charge is 0.124 e. The molecule has 3 aromatic rings. The number of fused-ring (bicyclic) bond motifs is 1. The SMILES string of the molecule is COc1ccc2nc(C)cc(N/N=C/c3cc(C)ccc3O)c2c1. The summed E-state index contributed by atoms with van der Waals surface area (Å²) >= 11 is 0. The first kappa shape index (κ1) is 15.8. The number of pyridine rings is 1. The van der Waals surface area contributed by atoms with Gasteiger partial charge in [-0.05, 0) is 50.2 Å². The molecule has 122 valence electrons. The van der Waals surface area contributed by atoms with Gasteiger partial charge in [0.2, 0.25) is 0 Å². The topological polar surface area (TPSA) is 66.7 Å².